The first kappa shape index (κ1) is 14.9. The summed E-state index contributed by atoms with van der Waals surface area (Å²) in [5, 5.41) is 2.74. The van der Waals surface area contributed by atoms with Crippen LogP contribution < -0.4 is 10.1 Å². The molecule has 0 bridgehead atoms. The summed E-state index contributed by atoms with van der Waals surface area (Å²) in [4.78, 5) is 11.1. The summed E-state index contributed by atoms with van der Waals surface area (Å²) in [6, 6.07) is 17.5. The quantitative estimate of drug-likeness (QED) is 0.909. The Hall–Kier alpha value is -2.49. The predicted molar refractivity (Wildman–Crippen MR) is 81.7 cm³/mol. The second-order valence-electron chi connectivity index (χ2n) is 4.80. The minimum Gasteiger partial charge on any atom is -0.457 e. The second kappa shape index (κ2) is 7.33. The van der Waals surface area contributed by atoms with Crippen LogP contribution >= 0.6 is 0 Å². The number of methoxy groups -OCH3 is 1. The number of nitrogens with one attached hydrogen (secondary N) is 1. The zero-order chi connectivity index (χ0) is 15.1. The van der Waals surface area contributed by atoms with Crippen molar-refractivity contribution in [1.82, 2.24) is 5.32 Å². The molecule has 4 heteroatoms. The van der Waals surface area contributed by atoms with E-state index in [-0.39, 0.29) is 6.04 Å². The van der Waals surface area contributed by atoms with Crippen LogP contribution in [0.5, 0.6) is 11.5 Å². The van der Waals surface area contributed by atoms with Crippen molar-refractivity contribution >= 4 is 6.09 Å². The van der Waals surface area contributed by atoms with Gasteiger partial charge in [0.25, 0.3) is 0 Å². The molecule has 1 amide bonds. The molecule has 0 aliphatic rings. The number of rotatable bonds is 5. The molecule has 21 heavy (non-hydrogen) atoms. The van der Waals surface area contributed by atoms with Crippen molar-refractivity contribution in [3.05, 3.63) is 60.2 Å². The molecule has 0 radical (unpaired) electrons. The van der Waals surface area contributed by atoms with Crippen LogP contribution in [0.1, 0.15) is 12.5 Å². The van der Waals surface area contributed by atoms with Crippen molar-refractivity contribution in [3.63, 3.8) is 0 Å². The molecule has 4 nitrogen and oxygen atoms in total. The largest absolute Gasteiger partial charge is 0.457 e. The predicted octanol–water partition coefficient (Wildman–Crippen LogP) is 3.77. The molecule has 2 aromatic rings. The lowest BCUT2D eigenvalue weighted by Crippen LogP contribution is -2.33. The Morgan fingerprint density at radius 3 is 2.29 bits per heavy atom. The first-order chi connectivity index (χ1) is 10.2. The highest BCUT2D eigenvalue weighted by atomic mass is 16.5. The van der Waals surface area contributed by atoms with Gasteiger partial charge in [-0.15, -0.1) is 0 Å². The Balaban J connectivity index is 1.91. The molecule has 2 aromatic carbocycles. The Morgan fingerprint density at radius 1 is 1.05 bits per heavy atom. The van der Waals surface area contributed by atoms with Gasteiger partial charge in [-0.25, -0.2) is 4.79 Å². The monoisotopic (exact) mass is 285 g/mol. The third-order valence-electron chi connectivity index (χ3n) is 2.99. The molecule has 0 saturated heterocycles. The molecule has 0 saturated carbocycles. The summed E-state index contributed by atoms with van der Waals surface area (Å²) < 4.78 is 10.3. The molecule has 0 heterocycles. The van der Waals surface area contributed by atoms with E-state index in [4.69, 9.17) is 4.74 Å². The van der Waals surface area contributed by atoms with Crippen LogP contribution in [-0.4, -0.2) is 19.2 Å². The molecule has 0 aliphatic carbocycles. The van der Waals surface area contributed by atoms with Crippen molar-refractivity contribution in [2.24, 2.45) is 0 Å². The summed E-state index contributed by atoms with van der Waals surface area (Å²) in [6.45, 7) is 1.94. The average molecular weight is 285 g/mol. The van der Waals surface area contributed by atoms with Crippen molar-refractivity contribution in [1.29, 1.82) is 0 Å². The normalized spacial score (nSPS) is 11.5. The smallest absolute Gasteiger partial charge is 0.407 e. The van der Waals surface area contributed by atoms with Gasteiger partial charge in [-0.2, -0.15) is 0 Å². The van der Waals surface area contributed by atoms with E-state index in [1.54, 1.807) is 0 Å². The van der Waals surface area contributed by atoms with E-state index in [1.807, 2.05) is 61.5 Å². The van der Waals surface area contributed by atoms with Gasteiger partial charge in [-0.05, 0) is 43.2 Å². The highest BCUT2D eigenvalue weighted by molar-refractivity contribution is 5.67. The van der Waals surface area contributed by atoms with Gasteiger partial charge in [-0.1, -0.05) is 30.3 Å². The molecule has 1 atom stereocenters. The summed E-state index contributed by atoms with van der Waals surface area (Å²) in [6.07, 6.45) is 0.326. The SMILES string of the molecule is COC(=O)N[C@H](C)Cc1ccc(Oc2ccccc2)cc1. The van der Waals surface area contributed by atoms with E-state index in [1.165, 1.54) is 7.11 Å². The number of hydrogen-bond donors (Lipinski definition) is 1. The van der Waals surface area contributed by atoms with Crippen molar-refractivity contribution < 1.29 is 14.3 Å². The average Bonchev–Trinajstić information content (AvgIpc) is 2.50. The van der Waals surface area contributed by atoms with E-state index >= 15 is 0 Å². The number of alkyl carbamates (subject to hydrolysis) is 1. The van der Waals surface area contributed by atoms with E-state index in [2.05, 4.69) is 10.1 Å². The van der Waals surface area contributed by atoms with E-state index < -0.39 is 6.09 Å². The van der Waals surface area contributed by atoms with Crippen LogP contribution in [0.25, 0.3) is 0 Å². The fourth-order valence-electron chi connectivity index (χ4n) is 1.98. The van der Waals surface area contributed by atoms with E-state index in [0.29, 0.717) is 0 Å². The summed E-state index contributed by atoms with van der Waals surface area (Å²) >= 11 is 0. The number of carbonyl (C=O) groups excluding carboxylic acids is 1. The van der Waals surface area contributed by atoms with E-state index in [0.717, 1.165) is 23.5 Å². The molecule has 110 valence electrons. The van der Waals surface area contributed by atoms with Gasteiger partial charge in [0.05, 0.1) is 7.11 Å². The minimum atomic E-state index is -0.411. The van der Waals surface area contributed by atoms with Gasteiger partial charge in [0, 0.05) is 6.04 Å². The molecule has 0 fully saturated rings. The van der Waals surface area contributed by atoms with Crippen LogP contribution in [0.2, 0.25) is 0 Å². The maximum absolute atomic E-state index is 11.1. The van der Waals surface area contributed by atoms with Crippen LogP contribution in [0.3, 0.4) is 0 Å². The Kier molecular flexibility index (Phi) is 5.21. The van der Waals surface area contributed by atoms with Gasteiger partial charge >= 0.3 is 6.09 Å². The maximum Gasteiger partial charge on any atom is 0.407 e. The Labute approximate surface area is 124 Å². The molecule has 0 aliphatic heterocycles. The Morgan fingerprint density at radius 2 is 1.67 bits per heavy atom. The van der Waals surface area contributed by atoms with Crippen LogP contribution in [0.4, 0.5) is 4.79 Å². The number of benzene rings is 2. The lowest BCUT2D eigenvalue weighted by molar-refractivity contribution is 0.167. The lowest BCUT2D eigenvalue weighted by Gasteiger charge is -2.13. The van der Waals surface area contributed by atoms with Crippen molar-refractivity contribution in [2.75, 3.05) is 7.11 Å². The first-order valence-corrected chi connectivity index (χ1v) is 6.83. The fourth-order valence-corrected chi connectivity index (χ4v) is 1.98. The number of hydrogen-bond acceptors (Lipinski definition) is 3. The summed E-state index contributed by atoms with van der Waals surface area (Å²) in [5.74, 6) is 1.60. The zero-order valence-electron chi connectivity index (χ0n) is 12.2. The topological polar surface area (TPSA) is 47.6 Å². The molecule has 0 unspecified atom stereocenters. The zero-order valence-corrected chi connectivity index (χ0v) is 12.2. The molecule has 1 N–H and O–H groups in total. The highest BCUT2D eigenvalue weighted by Gasteiger charge is 2.07. The first-order valence-electron chi connectivity index (χ1n) is 6.83. The van der Waals surface area contributed by atoms with Crippen molar-refractivity contribution in [3.8, 4) is 11.5 Å². The second-order valence-corrected chi connectivity index (χ2v) is 4.80. The van der Waals surface area contributed by atoms with Gasteiger partial charge in [-0.3, -0.25) is 0 Å². The van der Waals surface area contributed by atoms with E-state index in [9.17, 15) is 4.79 Å². The summed E-state index contributed by atoms with van der Waals surface area (Å²) in [5.41, 5.74) is 1.12. The fraction of sp³-hybridized carbons (Fsp3) is 0.235. The number of carbonyl (C=O) groups is 1. The third-order valence-corrected chi connectivity index (χ3v) is 2.99. The van der Waals surface area contributed by atoms with Gasteiger partial charge < -0.3 is 14.8 Å². The number of amides is 1. The molecular formula is C17H19NO3. The molecule has 2 rings (SSSR count). The molecule has 0 spiro atoms. The van der Waals surface area contributed by atoms with Gasteiger partial charge in [0.2, 0.25) is 0 Å². The van der Waals surface area contributed by atoms with Crippen LogP contribution in [-0.2, 0) is 11.2 Å². The maximum atomic E-state index is 11.1. The minimum absolute atomic E-state index is 0.0124. The third kappa shape index (κ3) is 4.84. The summed E-state index contributed by atoms with van der Waals surface area (Å²) in [7, 11) is 1.36. The van der Waals surface area contributed by atoms with Crippen LogP contribution in [0.15, 0.2) is 54.6 Å². The Bertz CT molecular complexity index is 566. The number of para-hydroxylation sites is 1. The molecular weight excluding hydrogens is 266 g/mol. The highest BCUT2D eigenvalue weighted by Crippen LogP contribution is 2.21. The molecule has 0 aromatic heterocycles. The number of ether oxygens (including phenoxy) is 2. The van der Waals surface area contributed by atoms with Crippen LogP contribution in [0, 0.1) is 0 Å². The van der Waals surface area contributed by atoms with Crippen molar-refractivity contribution in [2.45, 2.75) is 19.4 Å². The van der Waals surface area contributed by atoms with Gasteiger partial charge in [0.1, 0.15) is 11.5 Å². The standard InChI is InChI=1S/C17H19NO3/c1-13(18-17(19)20-2)12-14-8-10-16(11-9-14)21-15-6-4-3-5-7-15/h3-11,13H,12H2,1-2H3,(H,18,19)/t13-/m1/s1. The van der Waals surface area contributed by atoms with Gasteiger partial charge in [0.15, 0.2) is 0 Å². The lowest BCUT2D eigenvalue weighted by atomic mass is 10.1.